The lowest BCUT2D eigenvalue weighted by atomic mass is 9.79. The predicted molar refractivity (Wildman–Crippen MR) is 86.8 cm³/mol. The van der Waals surface area contributed by atoms with Crippen LogP contribution in [0.15, 0.2) is 24.3 Å². The second-order valence-electron chi connectivity index (χ2n) is 5.84. The van der Waals surface area contributed by atoms with Crippen LogP contribution in [0, 0.1) is 5.92 Å². The Morgan fingerprint density at radius 2 is 1.70 bits per heavy atom. The van der Waals surface area contributed by atoms with Crippen LogP contribution in [-0.4, -0.2) is 20.0 Å². The Balaban J connectivity index is 0.00000110. The van der Waals surface area contributed by atoms with Crippen molar-refractivity contribution in [3.63, 3.8) is 0 Å². The van der Waals surface area contributed by atoms with Gasteiger partial charge in [0, 0.05) is 0 Å². The first-order valence-corrected chi connectivity index (χ1v) is 7.29. The lowest BCUT2D eigenvalue weighted by molar-refractivity contribution is -0.123. The van der Waals surface area contributed by atoms with Crippen LogP contribution in [0.1, 0.15) is 45.2 Å². The molecule has 0 saturated heterocycles. The van der Waals surface area contributed by atoms with Crippen LogP contribution in [0.4, 0.5) is 0 Å². The Kier molecular flexibility index (Phi) is 8.16. The lowest BCUT2D eigenvalue weighted by Crippen LogP contribution is -2.37. The van der Waals surface area contributed by atoms with Gasteiger partial charge in [-0.2, -0.15) is 0 Å². The maximum Gasteiger partial charge on any atom is 0.227 e. The Labute approximate surface area is 124 Å². The van der Waals surface area contributed by atoms with Crippen molar-refractivity contribution in [2.75, 3.05) is 14.1 Å². The average molecular weight is 278 g/mol. The molecule has 0 bridgehead atoms. The van der Waals surface area contributed by atoms with E-state index in [1.165, 1.54) is 5.56 Å². The van der Waals surface area contributed by atoms with E-state index in [0.29, 0.717) is 5.92 Å². The standard InChI is InChI=1S/C15H23NO.C2H7N/c1-5-15(4,14(16)17)13-8-6-12(7-9-13)10-11(2)3;1-3-2/h6-9,11H,5,10H2,1-4H3,(H2,16,17);3H,1-2H3. The van der Waals surface area contributed by atoms with Crippen LogP contribution in [-0.2, 0) is 16.6 Å². The number of primary amides is 1. The molecule has 1 atom stereocenters. The van der Waals surface area contributed by atoms with Crippen molar-refractivity contribution in [2.24, 2.45) is 11.7 Å². The molecule has 0 saturated carbocycles. The second kappa shape index (κ2) is 8.75. The zero-order valence-electron chi connectivity index (χ0n) is 13.8. The van der Waals surface area contributed by atoms with E-state index < -0.39 is 5.41 Å². The molecule has 0 fully saturated rings. The number of amides is 1. The molecule has 3 heteroatoms. The number of carbonyl (C=O) groups excluding carboxylic acids is 1. The fraction of sp³-hybridized carbons (Fsp3) is 0.588. The molecule has 0 radical (unpaired) electrons. The van der Waals surface area contributed by atoms with Gasteiger partial charge in [0.2, 0.25) is 5.91 Å². The molecule has 1 rings (SSSR count). The zero-order valence-corrected chi connectivity index (χ0v) is 13.8. The van der Waals surface area contributed by atoms with Gasteiger partial charge in [-0.15, -0.1) is 0 Å². The third-order valence-corrected chi connectivity index (χ3v) is 3.49. The summed E-state index contributed by atoms with van der Waals surface area (Å²) in [6, 6.07) is 8.27. The summed E-state index contributed by atoms with van der Waals surface area (Å²) in [6.45, 7) is 8.31. The van der Waals surface area contributed by atoms with Gasteiger partial charge in [-0.25, -0.2) is 0 Å². The first-order chi connectivity index (χ1) is 9.31. The summed E-state index contributed by atoms with van der Waals surface area (Å²) in [4.78, 5) is 11.5. The molecule has 1 amide bonds. The van der Waals surface area contributed by atoms with Crippen LogP contribution in [0.2, 0.25) is 0 Å². The minimum Gasteiger partial charge on any atom is -0.369 e. The highest BCUT2D eigenvalue weighted by atomic mass is 16.1. The zero-order chi connectivity index (χ0) is 15.8. The van der Waals surface area contributed by atoms with Crippen molar-refractivity contribution in [3.05, 3.63) is 35.4 Å². The van der Waals surface area contributed by atoms with E-state index in [-0.39, 0.29) is 5.91 Å². The minimum atomic E-state index is -0.545. The van der Waals surface area contributed by atoms with E-state index in [4.69, 9.17) is 5.73 Å². The quantitative estimate of drug-likeness (QED) is 0.870. The molecule has 0 aliphatic rings. The SMILES string of the molecule is CCC(C)(C(N)=O)c1ccc(CC(C)C)cc1.CNC. The minimum absolute atomic E-state index is 0.253. The van der Waals surface area contributed by atoms with Crippen molar-refractivity contribution in [3.8, 4) is 0 Å². The third kappa shape index (κ3) is 5.33. The molecule has 114 valence electrons. The predicted octanol–water partition coefficient (Wildman–Crippen LogP) is 2.87. The summed E-state index contributed by atoms with van der Waals surface area (Å²) in [5.41, 5.74) is 7.27. The Morgan fingerprint density at radius 1 is 1.25 bits per heavy atom. The molecule has 1 unspecified atom stereocenters. The van der Waals surface area contributed by atoms with E-state index in [9.17, 15) is 4.79 Å². The number of nitrogens with one attached hydrogen (secondary N) is 1. The molecule has 0 aromatic heterocycles. The first-order valence-electron chi connectivity index (χ1n) is 7.29. The van der Waals surface area contributed by atoms with E-state index in [1.807, 2.05) is 40.1 Å². The molecule has 1 aromatic carbocycles. The Bertz CT molecular complexity index is 398. The normalized spacial score (nSPS) is 13.3. The smallest absolute Gasteiger partial charge is 0.227 e. The number of hydrogen-bond acceptors (Lipinski definition) is 2. The van der Waals surface area contributed by atoms with Crippen molar-refractivity contribution in [1.29, 1.82) is 0 Å². The van der Waals surface area contributed by atoms with E-state index >= 15 is 0 Å². The summed E-state index contributed by atoms with van der Waals surface area (Å²) >= 11 is 0. The third-order valence-electron chi connectivity index (χ3n) is 3.49. The van der Waals surface area contributed by atoms with Crippen LogP contribution < -0.4 is 11.1 Å². The van der Waals surface area contributed by atoms with Crippen LogP contribution in [0.5, 0.6) is 0 Å². The van der Waals surface area contributed by atoms with Gasteiger partial charge in [-0.3, -0.25) is 4.79 Å². The average Bonchev–Trinajstić information content (AvgIpc) is 2.38. The van der Waals surface area contributed by atoms with Crippen molar-refractivity contribution >= 4 is 5.91 Å². The van der Waals surface area contributed by atoms with Crippen LogP contribution >= 0.6 is 0 Å². The van der Waals surface area contributed by atoms with Gasteiger partial charge in [0.25, 0.3) is 0 Å². The van der Waals surface area contributed by atoms with Gasteiger partial charge in [0.15, 0.2) is 0 Å². The molecule has 0 aliphatic carbocycles. The first kappa shape index (κ1) is 18.7. The van der Waals surface area contributed by atoms with Gasteiger partial charge in [0.05, 0.1) is 5.41 Å². The number of carbonyl (C=O) groups is 1. The Hall–Kier alpha value is -1.35. The van der Waals surface area contributed by atoms with E-state index in [2.05, 4.69) is 31.3 Å². The molecule has 3 N–H and O–H groups in total. The molecular formula is C17H30N2O. The summed E-state index contributed by atoms with van der Waals surface area (Å²) in [5, 5.41) is 2.75. The number of rotatable bonds is 5. The molecule has 0 heterocycles. The summed E-state index contributed by atoms with van der Waals surface area (Å²) in [7, 11) is 3.75. The summed E-state index contributed by atoms with van der Waals surface area (Å²) in [6.07, 6.45) is 1.80. The highest BCUT2D eigenvalue weighted by molar-refractivity contribution is 5.86. The highest BCUT2D eigenvalue weighted by Crippen LogP contribution is 2.27. The van der Waals surface area contributed by atoms with Crippen molar-refractivity contribution in [2.45, 2.75) is 46.0 Å². The maximum absolute atomic E-state index is 11.5. The maximum atomic E-state index is 11.5. The number of nitrogens with two attached hydrogens (primary N) is 1. The fourth-order valence-corrected chi connectivity index (χ4v) is 2.00. The topological polar surface area (TPSA) is 55.1 Å². The van der Waals surface area contributed by atoms with Gasteiger partial charge < -0.3 is 11.1 Å². The van der Waals surface area contributed by atoms with Gasteiger partial charge >= 0.3 is 0 Å². The van der Waals surface area contributed by atoms with Gasteiger partial charge in [-0.1, -0.05) is 45.0 Å². The van der Waals surface area contributed by atoms with Crippen LogP contribution in [0.3, 0.4) is 0 Å². The summed E-state index contributed by atoms with van der Waals surface area (Å²) in [5.74, 6) is 0.395. The summed E-state index contributed by atoms with van der Waals surface area (Å²) < 4.78 is 0. The fourth-order valence-electron chi connectivity index (χ4n) is 2.00. The highest BCUT2D eigenvalue weighted by Gasteiger charge is 2.30. The molecular weight excluding hydrogens is 248 g/mol. The van der Waals surface area contributed by atoms with E-state index in [0.717, 1.165) is 18.4 Å². The molecule has 0 spiro atoms. The van der Waals surface area contributed by atoms with Crippen molar-refractivity contribution < 1.29 is 4.79 Å². The van der Waals surface area contributed by atoms with Crippen LogP contribution in [0.25, 0.3) is 0 Å². The Morgan fingerprint density at radius 3 is 2.00 bits per heavy atom. The van der Waals surface area contributed by atoms with E-state index in [1.54, 1.807) is 0 Å². The molecule has 20 heavy (non-hydrogen) atoms. The monoisotopic (exact) mass is 278 g/mol. The van der Waals surface area contributed by atoms with Gasteiger partial charge in [-0.05, 0) is 50.9 Å². The van der Waals surface area contributed by atoms with Gasteiger partial charge in [0.1, 0.15) is 0 Å². The second-order valence-corrected chi connectivity index (χ2v) is 5.84. The van der Waals surface area contributed by atoms with Crippen molar-refractivity contribution in [1.82, 2.24) is 5.32 Å². The number of benzene rings is 1. The molecule has 3 nitrogen and oxygen atoms in total. The molecule has 0 aliphatic heterocycles. The lowest BCUT2D eigenvalue weighted by Gasteiger charge is -2.25. The number of hydrogen-bond donors (Lipinski definition) is 2. The largest absolute Gasteiger partial charge is 0.369 e. The molecule has 1 aromatic rings.